The molecule has 31 heavy (non-hydrogen) atoms. The molecule has 4 rings (SSSR count). The van der Waals surface area contributed by atoms with Crippen molar-refractivity contribution >= 4 is 23.4 Å². The van der Waals surface area contributed by atoms with Gasteiger partial charge in [0.1, 0.15) is 17.5 Å². The Balaban J connectivity index is 0.000000210. The van der Waals surface area contributed by atoms with Crippen LogP contribution in [0.15, 0.2) is 12.1 Å². The van der Waals surface area contributed by atoms with Gasteiger partial charge in [0.2, 0.25) is 11.9 Å². The Bertz CT molecular complexity index is 946. The summed E-state index contributed by atoms with van der Waals surface area (Å²) in [5.41, 5.74) is 1.47. The number of aryl methyl sites for hydroxylation is 1. The number of rotatable bonds is 3. The van der Waals surface area contributed by atoms with Crippen LogP contribution in [0.3, 0.4) is 0 Å². The Morgan fingerprint density at radius 3 is 2.52 bits per heavy atom. The number of nitrogens with one attached hydrogen (secondary N) is 2. The van der Waals surface area contributed by atoms with Gasteiger partial charge in [-0.15, -0.1) is 0 Å². The number of nitrogens with zero attached hydrogens (tertiary/aromatic N) is 3. The summed E-state index contributed by atoms with van der Waals surface area (Å²) in [7, 11) is 3.11. The molecule has 1 amide bonds. The number of hydrogen-bond donors (Lipinski definition) is 2. The highest BCUT2D eigenvalue weighted by Gasteiger charge is 2.30. The van der Waals surface area contributed by atoms with Crippen molar-refractivity contribution in [1.82, 2.24) is 9.97 Å². The molecule has 1 fully saturated rings. The van der Waals surface area contributed by atoms with Crippen molar-refractivity contribution < 1.29 is 27.4 Å². The molecule has 1 unspecified atom stereocenters. The minimum Gasteiger partial charge on any atom is -0.497 e. The minimum atomic E-state index is -1.48. The van der Waals surface area contributed by atoms with Crippen LogP contribution < -0.4 is 20.3 Å². The zero-order chi connectivity index (χ0) is 22.7. The van der Waals surface area contributed by atoms with Gasteiger partial charge in [0.15, 0.2) is 23.3 Å². The molecule has 0 radical (unpaired) electrons. The number of hydrogen-bond acceptors (Lipinski definition) is 7. The van der Waals surface area contributed by atoms with E-state index in [4.69, 9.17) is 4.74 Å². The summed E-state index contributed by atoms with van der Waals surface area (Å²) < 4.78 is 46.7. The number of halogens is 3. The first kappa shape index (κ1) is 22.6. The van der Waals surface area contributed by atoms with E-state index in [1.165, 1.54) is 7.11 Å². The van der Waals surface area contributed by atoms with Crippen LogP contribution in [-0.4, -0.2) is 55.3 Å². The molecule has 1 saturated heterocycles. The first-order valence-corrected chi connectivity index (χ1v) is 9.66. The monoisotopic (exact) mass is 439 g/mol. The van der Waals surface area contributed by atoms with Gasteiger partial charge in [-0.05, 0) is 20.3 Å². The lowest BCUT2D eigenvalue weighted by Gasteiger charge is -2.32. The molecule has 1 aromatic carbocycles. The number of anilines is 3. The van der Waals surface area contributed by atoms with Crippen molar-refractivity contribution in [3.8, 4) is 5.75 Å². The number of likely N-dealkylation sites (N-methyl/N-ethyl adjacent to an activating group) is 1. The SMILES string of the molecule is COc1cc(F)c(F)c(F)c1.Cc1nc(NC2CCOC2)nc2c1NC(=O)[C@H](C)N2C. The summed E-state index contributed by atoms with van der Waals surface area (Å²) in [6.45, 7) is 5.19. The second-order valence-corrected chi connectivity index (χ2v) is 7.22. The fourth-order valence-electron chi connectivity index (χ4n) is 3.09. The number of fused-ring (bicyclic) bond motifs is 1. The predicted octanol–water partition coefficient (Wildman–Crippen LogP) is 2.88. The Kier molecular flexibility index (Phi) is 6.84. The Hall–Kier alpha value is -3.08. The van der Waals surface area contributed by atoms with E-state index in [0.29, 0.717) is 18.2 Å². The van der Waals surface area contributed by atoms with Gasteiger partial charge in [-0.3, -0.25) is 4.79 Å². The maximum atomic E-state index is 12.3. The van der Waals surface area contributed by atoms with Crippen LogP contribution in [0.4, 0.5) is 30.6 Å². The van der Waals surface area contributed by atoms with E-state index in [1.54, 1.807) is 0 Å². The zero-order valence-electron chi connectivity index (χ0n) is 17.6. The Morgan fingerprint density at radius 2 is 1.94 bits per heavy atom. The van der Waals surface area contributed by atoms with E-state index >= 15 is 0 Å². The highest BCUT2D eigenvalue weighted by Crippen LogP contribution is 2.32. The fraction of sp³-hybridized carbons (Fsp3) is 0.450. The lowest BCUT2D eigenvalue weighted by Crippen LogP contribution is -2.45. The van der Waals surface area contributed by atoms with Gasteiger partial charge in [0, 0.05) is 25.8 Å². The van der Waals surface area contributed by atoms with Crippen molar-refractivity contribution in [1.29, 1.82) is 0 Å². The van der Waals surface area contributed by atoms with Crippen LogP contribution in [0.25, 0.3) is 0 Å². The average Bonchev–Trinajstić information content (AvgIpc) is 3.24. The first-order valence-electron chi connectivity index (χ1n) is 9.66. The van der Waals surface area contributed by atoms with Crippen LogP contribution >= 0.6 is 0 Å². The first-order chi connectivity index (χ1) is 14.7. The molecule has 0 bridgehead atoms. The fourth-order valence-corrected chi connectivity index (χ4v) is 3.09. The predicted molar refractivity (Wildman–Crippen MR) is 109 cm³/mol. The van der Waals surface area contributed by atoms with E-state index in [1.807, 2.05) is 25.8 Å². The molecule has 8 nitrogen and oxygen atoms in total. The van der Waals surface area contributed by atoms with E-state index in [2.05, 4.69) is 25.3 Å². The van der Waals surface area contributed by atoms with Crippen LogP contribution in [0.2, 0.25) is 0 Å². The van der Waals surface area contributed by atoms with Crippen molar-refractivity contribution in [2.45, 2.75) is 32.4 Å². The number of aromatic nitrogens is 2. The molecule has 2 atom stereocenters. The molecule has 11 heteroatoms. The van der Waals surface area contributed by atoms with Gasteiger partial charge < -0.3 is 25.0 Å². The molecular formula is C20H24F3N5O3. The molecule has 2 aliphatic heterocycles. The largest absolute Gasteiger partial charge is 0.497 e. The molecule has 3 heterocycles. The average molecular weight is 439 g/mol. The molecule has 168 valence electrons. The molecule has 0 aliphatic carbocycles. The van der Waals surface area contributed by atoms with E-state index in [0.717, 1.165) is 36.7 Å². The Labute approximate surface area is 177 Å². The van der Waals surface area contributed by atoms with Crippen LogP contribution in [-0.2, 0) is 9.53 Å². The van der Waals surface area contributed by atoms with Crippen LogP contribution in [0, 0.1) is 24.4 Å². The maximum absolute atomic E-state index is 12.3. The van der Waals surface area contributed by atoms with Gasteiger partial charge in [-0.1, -0.05) is 0 Å². The second-order valence-electron chi connectivity index (χ2n) is 7.22. The summed E-state index contributed by atoms with van der Waals surface area (Å²) in [5, 5.41) is 6.16. The highest BCUT2D eigenvalue weighted by atomic mass is 19.2. The lowest BCUT2D eigenvalue weighted by atomic mass is 10.2. The van der Waals surface area contributed by atoms with E-state index < -0.39 is 17.5 Å². The van der Waals surface area contributed by atoms with Crippen molar-refractivity contribution in [3.63, 3.8) is 0 Å². The summed E-state index contributed by atoms with van der Waals surface area (Å²) >= 11 is 0. The number of benzene rings is 1. The van der Waals surface area contributed by atoms with Gasteiger partial charge in [0.25, 0.3) is 0 Å². The van der Waals surface area contributed by atoms with Crippen molar-refractivity contribution in [2.24, 2.45) is 0 Å². The third-order valence-electron chi connectivity index (χ3n) is 5.07. The van der Waals surface area contributed by atoms with Crippen molar-refractivity contribution in [3.05, 3.63) is 35.3 Å². The maximum Gasteiger partial charge on any atom is 0.246 e. The third-order valence-corrected chi connectivity index (χ3v) is 5.07. The van der Waals surface area contributed by atoms with Gasteiger partial charge >= 0.3 is 0 Å². The Morgan fingerprint density at radius 1 is 1.26 bits per heavy atom. The summed E-state index contributed by atoms with van der Waals surface area (Å²) in [4.78, 5) is 22.7. The number of ether oxygens (including phenoxy) is 2. The number of carbonyl (C=O) groups excluding carboxylic acids is 1. The normalized spacial score (nSPS) is 19.8. The zero-order valence-corrected chi connectivity index (χ0v) is 17.6. The van der Waals surface area contributed by atoms with E-state index in [9.17, 15) is 18.0 Å². The molecule has 0 saturated carbocycles. The summed E-state index contributed by atoms with van der Waals surface area (Å²) in [5.74, 6) is -2.70. The van der Waals surface area contributed by atoms with Crippen LogP contribution in [0.5, 0.6) is 5.75 Å². The molecule has 2 aromatic rings. The smallest absolute Gasteiger partial charge is 0.246 e. The van der Waals surface area contributed by atoms with Gasteiger partial charge in [0.05, 0.1) is 25.5 Å². The highest BCUT2D eigenvalue weighted by molar-refractivity contribution is 6.03. The number of methoxy groups -OCH3 is 1. The second kappa shape index (κ2) is 9.38. The van der Waals surface area contributed by atoms with Gasteiger partial charge in [-0.25, -0.2) is 18.2 Å². The quantitative estimate of drug-likeness (QED) is 0.711. The summed E-state index contributed by atoms with van der Waals surface area (Å²) in [6.07, 6.45) is 0.961. The molecule has 2 N–H and O–H groups in total. The molecule has 1 aromatic heterocycles. The standard InChI is InChI=1S/C13H19N5O2.C7H5F3O/c1-7-10-11(18(3)8(2)12(19)16-10)17-13(14-7)15-9-4-5-20-6-9;1-11-4-2-5(8)7(10)6(9)3-4/h8-9H,4-6H2,1-3H3,(H,16,19)(H,14,15,17);2-3H,1H3/t8-,9?;/m0./s1. The molecule has 0 spiro atoms. The van der Waals surface area contributed by atoms with Gasteiger partial charge in [-0.2, -0.15) is 4.98 Å². The number of carbonyl (C=O) groups is 1. The van der Waals surface area contributed by atoms with Crippen LogP contribution in [0.1, 0.15) is 19.0 Å². The molecular weight excluding hydrogens is 415 g/mol. The molecule has 2 aliphatic rings. The minimum absolute atomic E-state index is 0.0309. The van der Waals surface area contributed by atoms with E-state index in [-0.39, 0.29) is 23.7 Å². The van der Waals surface area contributed by atoms with Crippen molar-refractivity contribution in [2.75, 3.05) is 42.9 Å². The topological polar surface area (TPSA) is 88.6 Å². The number of amides is 1. The third kappa shape index (κ3) is 4.98. The summed E-state index contributed by atoms with van der Waals surface area (Å²) in [6, 6.07) is 1.57. The lowest BCUT2D eigenvalue weighted by molar-refractivity contribution is -0.117.